The Labute approximate surface area is 198 Å². The molecule has 0 saturated heterocycles. The molecule has 0 aliphatic rings. The van der Waals surface area contributed by atoms with Gasteiger partial charge in [0.25, 0.3) is 5.91 Å². The molecule has 172 valence electrons. The minimum absolute atomic E-state index is 0.191. The molecule has 0 aliphatic carbocycles. The molecule has 4 rings (SSSR count). The van der Waals surface area contributed by atoms with Gasteiger partial charge in [-0.05, 0) is 62.2 Å². The maximum atomic E-state index is 12.6. The summed E-state index contributed by atoms with van der Waals surface area (Å²) in [7, 11) is 0. The highest BCUT2D eigenvalue weighted by molar-refractivity contribution is 5.97. The first-order chi connectivity index (χ1) is 16.4. The molecule has 34 heavy (non-hydrogen) atoms. The fourth-order valence-corrected chi connectivity index (χ4v) is 3.57. The van der Waals surface area contributed by atoms with Crippen molar-refractivity contribution in [1.29, 1.82) is 0 Å². The number of carbonyl (C=O) groups is 2. The molecular weight excluding hydrogens is 428 g/mol. The Morgan fingerprint density at radius 2 is 1.71 bits per heavy atom. The Morgan fingerprint density at radius 3 is 2.44 bits per heavy atom. The van der Waals surface area contributed by atoms with Crippen molar-refractivity contribution in [3.63, 3.8) is 0 Å². The van der Waals surface area contributed by atoms with Crippen LogP contribution in [0.3, 0.4) is 0 Å². The van der Waals surface area contributed by atoms with Gasteiger partial charge in [0, 0.05) is 22.7 Å². The van der Waals surface area contributed by atoms with Gasteiger partial charge in [-0.15, -0.1) is 0 Å². The quantitative estimate of drug-likeness (QED) is 0.362. The summed E-state index contributed by atoms with van der Waals surface area (Å²) in [6.07, 6.45) is 0. The van der Waals surface area contributed by atoms with Gasteiger partial charge in [0.2, 0.25) is 0 Å². The van der Waals surface area contributed by atoms with Crippen molar-refractivity contribution in [3.05, 3.63) is 89.5 Å². The molecule has 4 aromatic rings. The number of aryl methyl sites for hydroxylation is 2. The van der Waals surface area contributed by atoms with Crippen molar-refractivity contribution in [2.75, 3.05) is 18.5 Å². The third-order valence-corrected chi connectivity index (χ3v) is 5.50. The number of ether oxygens (including phenoxy) is 2. The monoisotopic (exact) mass is 454 g/mol. The number of anilines is 1. The number of rotatable bonds is 7. The topological polar surface area (TPSA) is 77.5 Å². The number of aromatic nitrogens is 1. The Morgan fingerprint density at radius 1 is 0.912 bits per heavy atom. The zero-order chi connectivity index (χ0) is 24.1. The first-order valence-electron chi connectivity index (χ1n) is 11.1. The predicted molar refractivity (Wildman–Crippen MR) is 133 cm³/mol. The summed E-state index contributed by atoms with van der Waals surface area (Å²) < 4.78 is 11.1. The highest BCUT2D eigenvalue weighted by Gasteiger charge is 2.14. The van der Waals surface area contributed by atoms with Gasteiger partial charge in [0.1, 0.15) is 5.75 Å². The fraction of sp³-hybridized carbons (Fsp3) is 0.179. The molecule has 1 aromatic heterocycles. The lowest BCUT2D eigenvalue weighted by Crippen LogP contribution is -2.20. The van der Waals surface area contributed by atoms with Crippen molar-refractivity contribution < 1.29 is 19.1 Å². The maximum Gasteiger partial charge on any atom is 0.338 e. The van der Waals surface area contributed by atoms with E-state index in [1.807, 2.05) is 62.4 Å². The van der Waals surface area contributed by atoms with Crippen LogP contribution in [0, 0.1) is 13.8 Å². The molecule has 1 amide bonds. The second-order valence-corrected chi connectivity index (χ2v) is 7.96. The zero-order valence-corrected chi connectivity index (χ0v) is 19.4. The summed E-state index contributed by atoms with van der Waals surface area (Å²) >= 11 is 0. The summed E-state index contributed by atoms with van der Waals surface area (Å²) in [6.45, 7) is 5.87. The Hall–Kier alpha value is -4.19. The van der Waals surface area contributed by atoms with E-state index in [0.29, 0.717) is 33.6 Å². The fourth-order valence-electron chi connectivity index (χ4n) is 3.57. The van der Waals surface area contributed by atoms with Gasteiger partial charge in [0.05, 0.1) is 23.4 Å². The van der Waals surface area contributed by atoms with E-state index in [-0.39, 0.29) is 19.1 Å². The van der Waals surface area contributed by atoms with E-state index in [1.165, 1.54) is 0 Å². The molecule has 0 radical (unpaired) electrons. The molecule has 0 fully saturated rings. The highest BCUT2D eigenvalue weighted by Crippen LogP contribution is 2.31. The van der Waals surface area contributed by atoms with Gasteiger partial charge < -0.3 is 14.8 Å². The molecule has 0 aliphatic heterocycles. The molecule has 0 bridgehead atoms. The second kappa shape index (κ2) is 10.2. The largest absolute Gasteiger partial charge is 0.483 e. The van der Waals surface area contributed by atoms with Crippen molar-refractivity contribution in [2.24, 2.45) is 0 Å². The van der Waals surface area contributed by atoms with Crippen LogP contribution in [0.4, 0.5) is 5.69 Å². The number of fused-ring (bicyclic) bond motifs is 1. The first kappa shape index (κ1) is 23.0. The summed E-state index contributed by atoms with van der Waals surface area (Å²) in [5.74, 6) is -0.240. The Kier molecular flexibility index (Phi) is 6.87. The highest BCUT2D eigenvalue weighted by atomic mass is 16.5. The minimum Gasteiger partial charge on any atom is -0.483 e. The standard InChI is InChI=1S/C28H26N2O4/c1-4-33-28(32)21-11-13-24-23(15-21)26(16-25(30-24)20-8-6-5-7-9-20)34-17-27(31)29-22-12-10-18(2)19(3)14-22/h5-16H,4,17H2,1-3H3,(H,29,31). The number of amides is 1. The van der Waals surface area contributed by atoms with Crippen LogP contribution in [0.1, 0.15) is 28.4 Å². The molecule has 1 N–H and O–H groups in total. The molecule has 0 spiro atoms. The van der Waals surface area contributed by atoms with Crippen LogP contribution < -0.4 is 10.1 Å². The second-order valence-electron chi connectivity index (χ2n) is 7.96. The van der Waals surface area contributed by atoms with Gasteiger partial charge in [-0.25, -0.2) is 9.78 Å². The van der Waals surface area contributed by atoms with Gasteiger partial charge >= 0.3 is 5.97 Å². The van der Waals surface area contributed by atoms with Crippen molar-refractivity contribution in [3.8, 4) is 17.0 Å². The number of nitrogens with zero attached hydrogens (tertiary/aromatic N) is 1. The number of carbonyl (C=O) groups excluding carboxylic acids is 2. The molecule has 0 saturated carbocycles. The third-order valence-electron chi connectivity index (χ3n) is 5.50. The molecule has 6 nitrogen and oxygen atoms in total. The van der Waals surface area contributed by atoms with Crippen LogP contribution in [0.5, 0.6) is 5.75 Å². The number of pyridine rings is 1. The Bertz CT molecular complexity index is 1350. The lowest BCUT2D eigenvalue weighted by molar-refractivity contribution is -0.118. The number of esters is 1. The summed E-state index contributed by atoms with van der Waals surface area (Å²) in [6, 6.07) is 22.4. The summed E-state index contributed by atoms with van der Waals surface area (Å²) in [5, 5.41) is 3.50. The van der Waals surface area contributed by atoms with Crippen LogP contribution in [0.15, 0.2) is 72.8 Å². The van der Waals surface area contributed by atoms with Crippen molar-refractivity contribution in [1.82, 2.24) is 4.98 Å². The number of hydrogen-bond acceptors (Lipinski definition) is 5. The van der Waals surface area contributed by atoms with E-state index >= 15 is 0 Å². The van der Waals surface area contributed by atoms with Gasteiger partial charge in [-0.1, -0.05) is 36.4 Å². The molecular formula is C28H26N2O4. The summed E-state index contributed by atoms with van der Waals surface area (Å²) in [4.78, 5) is 29.6. The molecule has 1 heterocycles. The molecule has 0 unspecified atom stereocenters. The molecule has 6 heteroatoms. The van der Waals surface area contributed by atoms with Crippen molar-refractivity contribution in [2.45, 2.75) is 20.8 Å². The third kappa shape index (κ3) is 5.23. The van der Waals surface area contributed by atoms with Gasteiger partial charge in [-0.3, -0.25) is 4.79 Å². The van der Waals surface area contributed by atoms with E-state index in [4.69, 9.17) is 14.5 Å². The normalized spacial score (nSPS) is 10.7. The average Bonchev–Trinajstić information content (AvgIpc) is 2.85. The van der Waals surface area contributed by atoms with Crippen LogP contribution in [0.2, 0.25) is 0 Å². The smallest absolute Gasteiger partial charge is 0.338 e. The summed E-state index contributed by atoms with van der Waals surface area (Å²) in [5.41, 5.74) is 5.64. The zero-order valence-electron chi connectivity index (χ0n) is 19.4. The number of nitrogens with one attached hydrogen (secondary N) is 1. The molecule has 0 atom stereocenters. The number of hydrogen-bond donors (Lipinski definition) is 1. The van der Waals surface area contributed by atoms with Crippen LogP contribution in [-0.2, 0) is 9.53 Å². The maximum absolute atomic E-state index is 12.6. The van der Waals surface area contributed by atoms with Crippen LogP contribution >= 0.6 is 0 Å². The molecule has 3 aromatic carbocycles. The van der Waals surface area contributed by atoms with E-state index in [9.17, 15) is 9.59 Å². The lowest BCUT2D eigenvalue weighted by Gasteiger charge is -2.13. The van der Waals surface area contributed by atoms with Crippen molar-refractivity contribution >= 4 is 28.5 Å². The lowest BCUT2D eigenvalue weighted by atomic mass is 10.1. The van der Waals surface area contributed by atoms with Gasteiger partial charge in [0.15, 0.2) is 6.61 Å². The van der Waals surface area contributed by atoms with E-state index in [0.717, 1.165) is 16.7 Å². The first-order valence-corrected chi connectivity index (χ1v) is 11.1. The van der Waals surface area contributed by atoms with Crippen LogP contribution in [-0.4, -0.2) is 30.1 Å². The van der Waals surface area contributed by atoms with E-state index < -0.39 is 5.97 Å². The minimum atomic E-state index is -0.421. The predicted octanol–water partition coefficient (Wildman–Crippen LogP) is 5.71. The van der Waals surface area contributed by atoms with E-state index in [1.54, 1.807) is 31.2 Å². The SMILES string of the molecule is CCOC(=O)c1ccc2nc(-c3ccccc3)cc(OCC(=O)Nc3ccc(C)c(C)c3)c2c1. The van der Waals surface area contributed by atoms with E-state index in [2.05, 4.69) is 5.32 Å². The Balaban J connectivity index is 1.64. The number of benzene rings is 3. The van der Waals surface area contributed by atoms with Gasteiger partial charge in [-0.2, -0.15) is 0 Å². The van der Waals surface area contributed by atoms with Crippen LogP contribution in [0.25, 0.3) is 22.2 Å². The average molecular weight is 455 g/mol.